The predicted molar refractivity (Wildman–Crippen MR) is 204 cm³/mol. The highest BCUT2D eigenvalue weighted by molar-refractivity contribution is 6.06. The third kappa shape index (κ3) is 9.62. The zero-order chi connectivity index (χ0) is 37.3. The molecule has 3 saturated heterocycles. The standard InChI is InChI=1S/C44H49N3O7/c48-29-31-17-19-34(20-18-31)40-25-38(28-46-21-7-2-1-3-8-22-46)53-43(54-40)37-16-10-15-36(24-37)35-14-9-13-33(23-35)27-47-41(49)26-39(42(47)50)45-44(51)52-30-32-11-5-4-6-12-32/h4-6,9-20,23-24,38-40,43,48H,1-3,7-8,21-22,25-30H2,(H,45,51)/t38-,39?,40+,43+/m1/s1. The summed E-state index contributed by atoms with van der Waals surface area (Å²) in [7, 11) is 0. The fourth-order valence-electron chi connectivity index (χ4n) is 7.58. The molecular formula is C44H49N3O7. The smallest absolute Gasteiger partial charge is 0.408 e. The molecule has 3 aliphatic heterocycles. The molecule has 54 heavy (non-hydrogen) atoms. The van der Waals surface area contributed by atoms with E-state index >= 15 is 0 Å². The fraction of sp³-hybridized carbons (Fsp3) is 0.386. The molecule has 7 rings (SSSR count). The topological polar surface area (TPSA) is 118 Å². The van der Waals surface area contributed by atoms with Gasteiger partial charge in [0.15, 0.2) is 6.29 Å². The molecule has 0 radical (unpaired) electrons. The van der Waals surface area contributed by atoms with E-state index in [0.717, 1.165) is 65.0 Å². The second-order valence-corrected chi connectivity index (χ2v) is 14.5. The lowest BCUT2D eigenvalue weighted by Crippen LogP contribution is -2.41. The summed E-state index contributed by atoms with van der Waals surface area (Å²) in [6.07, 6.45) is 5.41. The Hall–Kier alpha value is -4.87. The van der Waals surface area contributed by atoms with Gasteiger partial charge in [-0.25, -0.2) is 4.79 Å². The number of ether oxygens (including phenoxy) is 3. The van der Waals surface area contributed by atoms with Crippen molar-refractivity contribution in [1.82, 2.24) is 15.1 Å². The zero-order valence-corrected chi connectivity index (χ0v) is 30.6. The maximum Gasteiger partial charge on any atom is 0.408 e. The van der Waals surface area contributed by atoms with Gasteiger partial charge in [-0.15, -0.1) is 0 Å². The van der Waals surface area contributed by atoms with Crippen LogP contribution < -0.4 is 5.32 Å². The molecule has 0 bridgehead atoms. The van der Waals surface area contributed by atoms with Crippen LogP contribution in [0.2, 0.25) is 0 Å². The summed E-state index contributed by atoms with van der Waals surface area (Å²) in [6, 6.07) is 32.2. The van der Waals surface area contributed by atoms with Crippen LogP contribution in [0.3, 0.4) is 0 Å². The van der Waals surface area contributed by atoms with Crippen LogP contribution in [0.1, 0.15) is 85.2 Å². The Morgan fingerprint density at radius 3 is 2.22 bits per heavy atom. The number of amides is 3. The zero-order valence-electron chi connectivity index (χ0n) is 30.6. The number of nitrogens with zero attached hydrogens (tertiary/aromatic N) is 2. The third-order valence-electron chi connectivity index (χ3n) is 10.5. The van der Waals surface area contributed by atoms with Gasteiger partial charge in [-0.2, -0.15) is 0 Å². The molecule has 0 aromatic heterocycles. The van der Waals surface area contributed by atoms with Crippen LogP contribution in [-0.4, -0.2) is 64.6 Å². The first kappa shape index (κ1) is 37.4. The average molecular weight is 732 g/mol. The highest BCUT2D eigenvalue weighted by Gasteiger charge is 2.40. The Balaban J connectivity index is 1.03. The number of alkyl carbamates (subject to hydrolysis) is 1. The number of nitrogens with one attached hydrogen (secondary N) is 1. The van der Waals surface area contributed by atoms with E-state index in [0.29, 0.717) is 0 Å². The van der Waals surface area contributed by atoms with Crippen molar-refractivity contribution < 1.29 is 33.7 Å². The number of likely N-dealkylation sites (tertiary alicyclic amines) is 2. The maximum atomic E-state index is 13.2. The summed E-state index contributed by atoms with van der Waals surface area (Å²) >= 11 is 0. The Labute approximate surface area is 317 Å². The third-order valence-corrected chi connectivity index (χ3v) is 10.5. The van der Waals surface area contributed by atoms with Gasteiger partial charge < -0.3 is 29.5 Å². The van der Waals surface area contributed by atoms with Gasteiger partial charge in [-0.3, -0.25) is 14.5 Å². The second kappa shape index (κ2) is 18.0. The van der Waals surface area contributed by atoms with Crippen LogP contribution in [0.25, 0.3) is 11.1 Å². The number of hydrogen-bond donors (Lipinski definition) is 2. The van der Waals surface area contributed by atoms with E-state index in [9.17, 15) is 19.5 Å². The number of imide groups is 1. The van der Waals surface area contributed by atoms with E-state index in [2.05, 4.69) is 16.3 Å². The van der Waals surface area contributed by atoms with Crippen LogP contribution >= 0.6 is 0 Å². The molecule has 3 heterocycles. The van der Waals surface area contributed by atoms with Crippen molar-refractivity contribution in [2.75, 3.05) is 19.6 Å². The van der Waals surface area contributed by atoms with Crippen LogP contribution in [0.4, 0.5) is 4.79 Å². The monoisotopic (exact) mass is 731 g/mol. The number of hydrogen-bond acceptors (Lipinski definition) is 8. The summed E-state index contributed by atoms with van der Waals surface area (Å²) in [4.78, 5) is 42.4. The molecule has 1 unspecified atom stereocenters. The summed E-state index contributed by atoms with van der Waals surface area (Å²) in [5.41, 5.74) is 6.33. The summed E-state index contributed by atoms with van der Waals surface area (Å²) in [6.45, 7) is 3.17. The maximum absolute atomic E-state index is 13.2. The molecule has 2 N–H and O–H groups in total. The Kier molecular flexibility index (Phi) is 12.5. The van der Waals surface area contributed by atoms with E-state index in [1.807, 2.05) is 97.1 Å². The van der Waals surface area contributed by atoms with Gasteiger partial charge >= 0.3 is 6.09 Å². The highest BCUT2D eigenvalue weighted by atomic mass is 16.7. The normalized spacial score (nSPS) is 22.4. The van der Waals surface area contributed by atoms with Crippen molar-refractivity contribution in [1.29, 1.82) is 0 Å². The lowest BCUT2D eigenvalue weighted by molar-refractivity contribution is -0.253. The van der Waals surface area contributed by atoms with Gasteiger partial charge in [0.1, 0.15) is 12.6 Å². The molecule has 4 aromatic carbocycles. The molecule has 0 aliphatic carbocycles. The fourth-order valence-corrected chi connectivity index (χ4v) is 7.58. The van der Waals surface area contributed by atoms with E-state index in [1.54, 1.807) is 0 Å². The number of carbonyl (C=O) groups is 3. The van der Waals surface area contributed by atoms with E-state index in [4.69, 9.17) is 14.2 Å². The number of aliphatic hydroxyl groups is 1. The number of aliphatic hydroxyl groups excluding tert-OH is 1. The Bertz CT molecular complexity index is 1880. The van der Waals surface area contributed by atoms with Gasteiger partial charge in [0.25, 0.3) is 5.91 Å². The average Bonchev–Trinajstić information content (AvgIpc) is 3.45. The molecule has 4 atom stereocenters. The van der Waals surface area contributed by atoms with Gasteiger partial charge in [0, 0.05) is 18.5 Å². The molecule has 3 amide bonds. The molecule has 0 spiro atoms. The first-order valence-electron chi connectivity index (χ1n) is 19.2. The van der Waals surface area contributed by atoms with Crippen molar-refractivity contribution in [3.8, 4) is 11.1 Å². The van der Waals surface area contributed by atoms with Gasteiger partial charge in [0.2, 0.25) is 5.91 Å². The number of benzene rings is 4. The Morgan fingerprint density at radius 1 is 0.759 bits per heavy atom. The predicted octanol–water partition coefficient (Wildman–Crippen LogP) is 7.21. The number of carbonyl (C=O) groups excluding carboxylic acids is 3. The first-order chi connectivity index (χ1) is 26.4. The van der Waals surface area contributed by atoms with E-state index < -0.39 is 24.3 Å². The van der Waals surface area contributed by atoms with Gasteiger partial charge in [0.05, 0.1) is 31.8 Å². The molecule has 3 fully saturated rings. The highest BCUT2D eigenvalue weighted by Crippen LogP contribution is 2.39. The summed E-state index contributed by atoms with van der Waals surface area (Å²) in [5, 5.41) is 12.2. The lowest BCUT2D eigenvalue weighted by Gasteiger charge is -2.39. The molecule has 10 heteroatoms. The van der Waals surface area contributed by atoms with Crippen molar-refractivity contribution in [3.63, 3.8) is 0 Å². The minimum Gasteiger partial charge on any atom is -0.445 e. The van der Waals surface area contributed by atoms with Crippen LogP contribution in [0, 0.1) is 0 Å². The van der Waals surface area contributed by atoms with Crippen molar-refractivity contribution in [2.45, 2.75) is 89.2 Å². The van der Waals surface area contributed by atoms with E-state index in [1.165, 1.54) is 37.0 Å². The van der Waals surface area contributed by atoms with Gasteiger partial charge in [-0.1, -0.05) is 110 Å². The molecule has 3 aliphatic rings. The van der Waals surface area contributed by atoms with Crippen LogP contribution in [0.5, 0.6) is 0 Å². The van der Waals surface area contributed by atoms with Crippen LogP contribution in [-0.2, 0) is 43.6 Å². The molecular weight excluding hydrogens is 682 g/mol. The van der Waals surface area contributed by atoms with Gasteiger partial charge in [-0.05, 0) is 71.4 Å². The Morgan fingerprint density at radius 2 is 1.46 bits per heavy atom. The molecule has 4 aromatic rings. The summed E-state index contributed by atoms with van der Waals surface area (Å²) in [5.74, 6) is -0.806. The van der Waals surface area contributed by atoms with Crippen LogP contribution in [0.15, 0.2) is 103 Å². The van der Waals surface area contributed by atoms with Crippen molar-refractivity contribution in [2.24, 2.45) is 0 Å². The first-order valence-corrected chi connectivity index (χ1v) is 19.2. The minimum atomic E-state index is -0.972. The molecule has 282 valence electrons. The second-order valence-electron chi connectivity index (χ2n) is 14.5. The summed E-state index contributed by atoms with van der Waals surface area (Å²) < 4.78 is 18.7. The van der Waals surface area contributed by atoms with E-state index in [-0.39, 0.29) is 44.3 Å². The van der Waals surface area contributed by atoms with Crippen molar-refractivity contribution >= 4 is 17.9 Å². The quantitative estimate of drug-likeness (QED) is 0.156. The largest absolute Gasteiger partial charge is 0.445 e. The van der Waals surface area contributed by atoms with Crippen molar-refractivity contribution in [3.05, 3.63) is 131 Å². The number of rotatable bonds is 11. The minimum absolute atomic E-state index is 0.00248. The molecule has 0 saturated carbocycles. The molecule has 10 nitrogen and oxygen atoms in total. The SMILES string of the molecule is O=C(NC1CC(=O)N(Cc2cccc(-c3cccc([C@H]4O[C@@H](CN5CCCCCCC5)C[C@@H](c5ccc(CO)cc5)O4)c3)c2)C1=O)OCc1ccccc1. The lowest BCUT2D eigenvalue weighted by atomic mass is 9.98.